The van der Waals surface area contributed by atoms with Crippen molar-refractivity contribution >= 4 is 28.5 Å². The number of nitrogens with one attached hydrogen (secondary N) is 2. The molecule has 2 amide bonds. The Morgan fingerprint density at radius 2 is 2.00 bits per heavy atom. The van der Waals surface area contributed by atoms with Gasteiger partial charge in [0.15, 0.2) is 0 Å². The molecule has 2 aromatic rings. The fourth-order valence-corrected chi connectivity index (χ4v) is 2.44. The van der Waals surface area contributed by atoms with Crippen LogP contribution in [0.4, 0.5) is 5.69 Å². The third kappa shape index (κ3) is 4.31. The van der Waals surface area contributed by atoms with E-state index >= 15 is 0 Å². The van der Waals surface area contributed by atoms with Crippen molar-refractivity contribution in [3.05, 3.63) is 24.0 Å². The molecule has 0 aliphatic rings. The predicted octanol–water partition coefficient (Wildman–Crippen LogP) is 2.38. The Balaban J connectivity index is 2.11. The molecule has 0 saturated heterocycles. The third-order valence-electron chi connectivity index (χ3n) is 3.73. The van der Waals surface area contributed by atoms with Gasteiger partial charge in [-0.2, -0.15) is 0 Å². The van der Waals surface area contributed by atoms with Gasteiger partial charge in [0, 0.05) is 38.5 Å². The third-order valence-corrected chi connectivity index (χ3v) is 3.73. The molecule has 1 heterocycles. The Hall–Kier alpha value is -2.37. The Morgan fingerprint density at radius 3 is 2.70 bits per heavy atom. The van der Waals surface area contributed by atoms with Crippen molar-refractivity contribution in [3.8, 4) is 0 Å². The number of imidazole rings is 1. The average Bonchev–Trinajstić information content (AvgIpc) is 2.83. The van der Waals surface area contributed by atoms with Crippen LogP contribution in [0.2, 0.25) is 0 Å². The van der Waals surface area contributed by atoms with Gasteiger partial charge in [-0.05, 0) is 24.6 Å². The molecule has 0 aliphatic heterocycles. The van der Waals surface area contributed by atoms with E-state index in [-0.39, 0.29) is 11.8 Å². The van der Waals surface area contributed by atoms with Crippen molar-refractivity contribution < 1.29 is 9.59 Å². The number of aryl methyl sites for hydroxylation is 1. The lowest BCUT2D eigenvalue weighted by molar-refractivity contribution is -0.120. The maximum Gasteiger partial charge on any atom is 0.224 e. The molecule has 0 spiro atoms. The second-order valence-electron chi connectivity index (χ2n) is 5.54. The molecule has 0 aliphatic carbocycles. The molecule has 6 nitrogen and oxygen atoms in total. The highest BCUT2D eigenvalue weighted by atomic mass is 16.2. The van der Waals surface area contributed by atoms with Gasteiger partial charge < -0.3 is 15.2 Å². The van der Waals surface area contributed by atoms with E-state index in [0.717, 1.165) is 29.0 Å². The smallest absolute Gasteiger partial charge is 0.224 e. The normalized spacial score (nSPS) is 10.7. The zero-order valence-corrected chi connectivity index (χ0v) is 14.0. The first-order valence-electron chi connectivity index (χ1n) is 8.07. The summed E-state index contributed by atoms with van der Waals surface area (Å²) in [6.07, 6.45) is 2.51. The van der Waals surface area contributed by atoms with E-state index < -0.39 is 0 Å². The molecular weight excluding hydrogens is 292 g/mol. The number of amides is 2. The zero-order valence-electron chi connectivity index (χ0n) is 14.0. The number of hydrogen-bond donors (Lipinski definition) is 2. The van der Waals surface area contributed by atoms with E-state index in [1.165, 1.54) is 0 Å². The lowest BCUT2D eigenvalue weighted by Gasteiger charge is -2.05. The van der Waals surface area contributed by atoms with Crippen LogP contribution in [-0.2, 0) is 23.1 Å². The maximum atomic E-state index is 11.7. The zero-order chi connectivity index (χ0) is 16.8. The Kier molecular flexibility index (Phi) is 5.73. The molecule has 0 atom stereocenters. The summed E-state index contributed by atoms with van der Waals surface area (Å²) in [6.45, 7) is 4.38. The fourth-order valence-electron chi connectivity index (χ4n) is 2.44. The Labute approximate surface area is 136 Å². The van der Waals surface area contributed by atoms with Crippen molar-refractivity contribution in [1.29, 1.82) is 0 Å². The number of carbonyl (C=O) groups excluding carboxylic acids is 2. The highest BCUT2D eigenvalue weighted by molar-refractivity contribution is 5.93. The number of rotatable bonds is 7. The van der Waals surface area contributed by atoms with Crippen molar-refractivity contribution in [2.24, 2.45) is 7.05 Å². The maximum absolute atomic E-state index is 11.7. The van der Waals surface area contributed by atoms with Crippen molar-refractivity contribution in [1.82, 2.24) is 14.9 Å². The minimum Gasteiger partial charge on any atom is -0.356 e. The minimum absolute atomic E-state index is 0.0188. The summed E-state index contributed by atoms with van der Waals surface area (Å²) in [6, 6.07) is 5.73. The highest BCUT2D eigenvalue weighted by Crippen LogP contribution is 2.20. The molecule has 0 unspecified atom stereocenters. The molecule has 1 aromatic heterocycles. The first-order valence-corrected chi connectivity index (χ1v) is 8.07. The van der Waals surface area contributed by atoms with Gasteiger partial charge in [0.1, 0.15) is 5.82 Å². The van der Waals surface area contributed by atoms with Crippen LogP contribution in [0.1, 0.15) is 38.9 Å². The molecule has 0 fully saturated rings. The number of anilines is 1. The van der Waals surface area contributed by atoms with Crippen LogP contribution in [0.25, 0.3) is 11.0 Å². The molecule has 124 valence electrons. The van der Waals surface area contributed by atoms with Crippen LogP contribution in [0.3, 0.4) is 0 Å². The lowest BCUT2D eigenvalue weighted by Crippen LogP contribution is -2.25. The molecular formula is C17H24N4O2. The van der Waals surface area contributed by atoms with Crippen LogP contribution < -0.4 is 10.6 Å². The van der Waals surface area contributed by atoms with Crippen LogP contribution in [0.5, 0.6) is 0 Å². The molecule has 1 aromatic carbocycles. The number of aromatic nitrogens is 2. The number of benzene rings is 1. The molecule has 6 heteroatoms. The summed E-state index contributed by atoms with van der Waals surface area (Å²) in [4.78, 5) is 27.6. The molecule has 2 N–H and O–H groups in total. The summed E-state index contributed by atoms with van der Waals surface area (Å²) < 4.78 is 2.02. The van der Waals surface area contributed by atoms with Crippen molar-refractivity contribution in [3.63, 3.8) is 0 Å². The van der Waals surface area contributed by atoms with E-state index in [4.69, 9.17) is 0 Å². The first-order chi connectivity index (χ1) is 11.0. The fraction of sp³-hybridized carbons (Fsp3) is 0.471. The summed E-state index contributed by atoms with van der Waals surface area (Å²) >= 11 is 0. The summed E-state index contributed by atoms with van der Waals surface area (Å²) in [7, 11) is 1.96. The summed E-state index contributed by atoms with van der Waals surface area (Å²) in [5.74, 6) is 0.975. The van der Waals surface area contributed by atoms with E-state index in [2.05, 4.69) is 15.6 Å². The topological polar surface area (TPSA) is 76.0 Å². The molecule has 0 saturated carbocycles. The van der Waals surface area contributed by atoms with Gasteiger partial charge in [-0.1, -0.05) is 13.8 Å². The molecule has 0 radical (unpaired) electrons. The lowest BCUT2D eigenvalue weighted by atomic mass is 10.2. The number of nitrogens with zero attached hydrogens (tertiary/aromatic N) is 2. The van der Waals surface area contributed by atoms with Gasteiger partial charge in [0.05, 0.1) is 11.0 Å². The number of fused-ring (bicyclic) bond motifs is 1. The second-order valence-corrected chi connectivity index (χ2v) is 5.54. The molecule has 2 rings (SSSR count). The summed E-state index contributed by atoms with van der Waals surface area (Å²) in [5.41, 5.74) is 2.62. The Bertz CT molecular complexity index is 706. The number of hydrogen-bond acceptors (Lipinski definition) is 3. The first kappa shape index (κ1) is 17.0. The molecule has 23 heavy (non-hydrogen) atoms. The van der Waals surface area contributed by atoms with Crippen LogP contribution in [0, 0.1) is 0 Å². The average molecular weight is 316 g/mol. The van der Waals surface area contributed by atoms with E-state index in [1.807, 2.05) is 43.7 Å². The van der Waals surface area contributed by atoms with Gasteiger partial charge in [0.25, 0.3) is 0 Å². The SMILES string of the molecule is CCCC(=O)Nc1ccc2c(c1)nc(CCNC(=O)CC)n2C. The van der Waals surface area contributed by atoms with E-state index in [9.17, 15) is 9.59 Å². The second kappa shape index (κ2) is 7.76. The highest BCUT2D eigenvalue weighted by Gasteiger charge is 2.09. The minimum atomic E-state index is 0.0188. The standard InChI is InChI=1S/C17H24N4O2/c1-4-6-17(23)19-12-7-8-14-13(11-12)20-15(21(14)3)9-10-18-16(22)5-2/h7-8,11H,4-6,9-10H2,1-3H3,(H,18,22)(H,19,23). The quantitative estimate of drug-likeness (QED) is 0.823. The Morgan fingerprint density at radius 1 is 1.22 bits per heavy atom. The van der Waals surface area contributed by atoms with Crippen molar-refractivity contribution in [2.45, 2.75) is 39.5 Å². The monoisotopic (exact) mass is 316 g/mol. The van der Waals surface area contributed by atoms with E-state index in [1.54, 1.807) is 0 Å². The van der Waals surface area contributed by atoms with Crippen molar-refractivity contribution in [2.75, 3.05) is 11.9 Å². The van der Waals surface area contributed by atoms with Gasteiger partial charge in [-0.3, -0.25) is 9.59 Å². The van der Waals surface area contributed by atoms with Gasteiger partial charge >= 0.3 is 0 Å². The van der Waals surface area contributed by atoms with Crippen LogP contribution in [-0.4, -0.2) is 27.9 Å². The van der Waals surface area contributed by atoms with Gasteiger partial charge in [-0.15, -0.1) is 0 Å². The largest absolute Gasteiger partial charge is 0.356 e. The predicted molar refractivity (Wildman–Crippen MR) is 91.3 cm³/mol. The summed E-state index contributed by atoms with van der Waals surface area (Å²) in [5, 5.41) is 5.74. The van der Waals surface area contributed by atoms with E-state index in [0.29, 0.717) is 25.8 Å². The van der Waals surface area contributed by atoms with Crippen LogP contribution in [0.15, 0.2) is 18.2 Å². The van der Waals surface area contributed by atoms with Crippen LogP contribution >= 0.6 is 0 Å². The van der Waals surface area contributed by atoms with Gasteiger partial charge in [0.2, 0.25) is 11.8 Å². The van der Waals surface area contributed by atoms with Gasteiger partial charge in [-0.25, -0.2) is 4.98 Å². The number of carbonyl (C=O) groups is 2. The molecule has 0 bridgehead atoms.